The van der Waals surface area contributed by atoms with E-state index in [2.05, 4.69) is 14.7 Å². The molecule has 3 N–H and O–H groups in total. The summed E-state index contributed by atoms with van der Waals surface area (Å²) in [6.45, 7) is 0. The number of benzene rings is 1. The molecule has 94 valence electrons. The minimum absolute atomic E-state index is 0.0179. The zero-order valence-corrected chi connectivity index (χ0v) is 9.86. The van der Waals surface area contributed by atoms with Gasteiger partial charge in [-0.05, 0) is 24.3 Å². The maximum absolute atomic E-state index is 13.1. The summed E-state index contributed by atoms with van der Waals surface area (Å²) in [4.78, 5) is 7.13. The molecule has 0 unspecified atom stereocenters. The number of rotatable bonds is 3. The maximum atomic E-state index is 13.1. The highest BCUT2D eigenvalue weighted by atomic mass is 32.2. The molecule has 1 aromatic carbocycles. The van der Waals surface area contributed by atoms with E-state index in [4.69, 9.17) is 5.73 Å². The van der Waals surface area contributed by atoms with Crippen molar-refractivity contribution in [2.45, 2.75) is 4.90 Å². The van der Waals surface area contributed by atoms with E-state index in [0.717, 1.165) is 18.2 Å². The number of sulfonamides is 1. The molecular weight excluding hydrogens is 259 g/mol. The molecule has 0 bridgehead atoms. The Kier molecular flexibility index (Phi) is 3.11. The second kappa shape index (κ2) is 4.57. The van der Waals surface area contributed by atoms with Crippen LogP contribution in [0.15, 0.2) is 41.6 Å². The normalized spacial score (nSPS) is 11.2. The van der Waals surface area contributed by atoms with Gasteiger partial charge in [-0.25, -0.2) is 27.5 Å². The number of halogens is 1. The molecule has 2 rings (SSSR count). The fourth-order valence-corrected chi connectivity index (χ4v) is 2.29. The van der Waals surface area contributed by atoms with Crippen molar-refractivity contribution in [1.82, 2.24) is 9.97 Å². The van der Waals surface area contributed by atoms with Crippen LogP contribution in [-0.4, -0.2) is 18.4 Å². The van der Waals surface area contributed by atoms with E-state index in [1.54, 1.807) is 0 Å². The Hall–Kier alpha value is -2.22. The second-order valence-corrected chi connectivity index (χ2v) is 5.08. The molecule has 6 nitrogen and oxygen atoms in total. The molecule has 0 aliphatic heterocycles. The van der Waals surface area contributed by atoms with Gasteiger partial charge in [-0.2, -0.15) is 0 Å². The van der Waals surface area contributed by atoms with Crippen molar-refractivity contribution in [3.05, 3.63) is 42.5 Å². The molecule has 0 fully saturated rings. The van der Waals surface area contributed by atoms with Crippen molar-refractivity contribution in [2.24, 2.45) is 0 Å². The summed E-state index contributed by atoms with van der Waals surface area (Å²) in [5, 5.41) is 0. The fraction of sp³-hybridized carbons (Fsp3) is 0. The Morgan fingerprint density at radius 2 is 1.83 bits per heavy atom. The van der Waals surface area contributed by atoms with E-state index < -0.39 is 15.8 Å². The van der Waals surface area contributed by atoms with E-state index >= 15 is 0 Å². The van der Waals surface area contributed by atoms with Crippen LogP contribution in [0.1, 0.15) is 0 Å². The van der Waals surface area contributed by atoms with Crippen molar-refractivity contribution in [2.75, 3.05) is 10.5 Å². The average molecular weight is 268 g/mol. The summed E-state index contributed by atoms with van der Waals surface area (Å²) >= 11 is 0. The Morgan fingerprint density at radius 3 is 2.44 bits per heavy atom. The SMILES string of the molecule is Nc1cc(F)cc(S(=O)(=O)Nc2ncccn2)c1. The van der Waals surface area contributed by atoms with Crippen LogP contribution in [0.4, 0.5) is 16.0 Å². The zero-order chi connectivity index (χ0) is 13.2. The lowest BCUT2D eigenvalue weighted by Gasteiger charge is -2.06. The van der Waals surface area contributed by atoms with E-state index in [-0.39, 0.29) is 16.5 Å². The Bertz CT molecular complexity index is 641. The van der Waals surface area contributed by atoms with E-state index in [9.17, 15) is 12.8 Å². The van der Waals surface area contributed by atoms with Crippen LogP contribution in [0.5, 0.6) is 0 Å². The van der Waals surface area contributed by atoms with E-state index in [1.807, 2.05) is 0 Å². The first-order valence-corrected chi connectivity index (χ1v) is 6.31. The van der Waals surface area contributed by atoms with Crippen LogP contribution in [0.25, 0.3) is 0 Å². The molecule has 0 amide bonds. The number of aromatic nitrogens is 2. The number of nitrogens with one attached hydrogen (secondary N) is 1. The van der Waals surface area contributed by atoms with Gasteiger partial charge in [0.05, 0.1) is 4.90 Å². The monoisotopic (exact) mass is 268 g/mol. The molecule has 1 heterocycles. The molecule has 18 heavy (non-hydrogen) atoms. The van der Waals surface area contributed by atoms with Crippen molar-refractivity contribution >= 4 is 21.7 Å². The van der Waals surface area contributed by atoms with Gasteiger partial charge >= 0.3 is 0 Å². The fourth-order valence-electron chi connectivity index (χ4n) is 1.27. The number of hydrogen-bond acceptors (Lipinski definition) is 5. The van der Waals surface area contributed by atoms with Crippen molar-refractivity contribution in [3.8, 4) is 0 Å². The van der Waals surface area contributed by atoms with Crippen LogP contribution < -0.4 is 10.5 Å². The molecule has 0 spiro atoms. The molecule has 0 saturated carbocycles. The van der Waals surface area contributed by atoms with Crippen LogP contribution in [0.2, 0.25) is 0 Å². The lowest BCUT2D eigenvalue weighted by molar-refractivity contribution is 0.595. The molecule has 0 radical (unpaired) electrons. The van der Waals surface area contributed by atoms with Gasteiger partial charge in [0.2, 0.25) is 5.95 Å². The molecular formula is C10H9FN4O2S. The third-order valence-corrected chi connectivity index (χ3v) is 3.30. The van der Waals surface area contributed by atoms with Gasteiger partial charge in [0.1, 0.15) is 5.82 Å². The summed E-state index contributed by atoms with van der Waals surface area (Å²) in [5.41, 5.74) is 5.40. The number of nitrogens with zero attached hydrogens (tertiary/aromatic N) is 2. The first-order chi connectivity index (χ1) is 8.47. The Morgan fingerprint density at radius 1 is 1.17 bits per heavy atom. The van der Waals surface area contributed by atoms with E-state index in [0.29, 0.717) is 0 Å². The summed E-state index contributed by atoms with van der Waals surface area (Å²) in [6, 6.07) is 4.58. The minimum Gasteiger partial charge on any atom is -0.399 e. The highest BCUT2D eigenvalue weighted by Gasteiger charge is 2.16. The Balaban J connectivity index is 2.37. The van der Waals surface area contributed by atoms with Crippen molar-refractivity contribution in [1.29, 1.82) is 0 Å². The van der Waals surface area contributed by atoms with Crippen LogP contribution in [0.3, 0.4) is 0 Å². The quantitative estimate of drug-likeness (QED) is 0.809. The summed E-state index contributed by atoms with van der Waals surface area (Å²) < 4.78 is 39.0. The standard InChI is InChI=1S/C10H9FN4O2S/c11-7-4-8(12)6-9(5-7)18(16,17)15-10-13-2-1-3-14-10/h1-6H,12H2,(H,13,14,15). The highest BCUT2D eigenvalue weighted by Crippen LogP contribution is 2.17. The first-order valence-electron chi connectivity index (χ1n) is 4.83. The van der Waals surface area contributed by atoms with Gasteiger partial charge in [-0.15, -0.1) is 0 Å². The maximum Gasteiger partial charge on any atom is 0.264 e. The van der Waals surface area contributed by atoms with Crippen molar-refractivity contribution < 1.29 is 12.8 Å². The minimum atomic E-state index is -3.95. The number of hydrogen-bond donors (Lipinski definition) is 2. The van der Waals surface area contributed by atoms with Gasteiger partial charge in [0, 0.05) is 18.1 Å². The van der Waals surface area contributed by atoms with Crippen LogP contribution in [0, 0.1) is 5.82 Å². The van der Waals surface area contributed by atoms with Gasteiger partial charge in [-0.1, -0.05) is 0 Å². The Labute approximate surface area is 103 Å². The van der Waals surface area contributed by atoms with Gasteiger partial charge in [0.25, 0.3) is 10.0 Å². The average Bonchev–Trinajstić information content (AvgIpc) is 2.28. The van der Waals surface area contributed by atoms with Crippen LogP contribution in [-0.2, 0) is 10.0 Å². The highest BCUT2D eigenvalue weighted by molar-refractivity contribution is 7.92. The summed E-state index contributed by atoms with van der Waals surface area (Å²) in [6.07, 6.45) is 2.76. The molecule has 0 aliphatic carbocycles. The molecule has 0 atom stereocenters. The molecule has 0 saturated heterocycles. The lowest BCUT2D eigenvalue weighted by atomic mass is 10.3. The number of nitrogens with two attached hydrogens (primary N) is 1. The number of nitrogen functional groups attached to an aromatic ring is 1. The molecule has 1 aromatic heterocycles. The lowest BCUT2D eigenvalue weighted by Crippen LogP contribution is -2.15. The zero-order valence-electron chi connectivity index (χ0n) is 9.04. The van der Waals surface area contributed by atoms with E-state index in [1.165, 1.54) is 18.5 Å². The molecule has 0 aliphatic rings. The molecule has 2 aromatic rings. The largest absolute Gasteiger partial charge is 0.399 e. The first kappa shape index (κ1) is 12.2. The second-order valence-electron chi connectivity index (χ2n) is 3.40. The number of anilines is 2. The van der Waals surface area contributed by atoms with Gasteiger partial charge in [0.15, 0.2) is 0 Å². The smallest absolute Gasteiger partial charge is 0.264 e. The third-order valence-electron chi connectivity index (χ3n) is 2.00. The predicted molar refractivity (Wildman–Crippen MR) is 63.7 cm³/mol. The van der Waals surface area contributed by atoms with Gasteiger partial charge < -0.3 is 5.73 Å². The summed E-state index contributed by atoms with van der Waals surface area (Å²) in [5.74, 6) is -0.829. The van der Waals surface area contributed by atoms with Gasteiger partial charge in [-0.3, -0.25) is 0 Å². The predicted octanol–water partition coefficient (Wildman–Crippen LogP) is 0.999. The molecule has 8 heteroatoms. The topological polar surface area (TPSA) is 98.0 Å². The summed E-state index contributed by atoms with van der Waals surface area (Å²) in [7, 11) is -3.95. The third kappa shape index (κ3) is 2.72. The van der Waals surface area contributed by atoms with Crippen molar-refractivity contribution in [3.63, 3.8) is 0 Å². The van der Waals surface area contributed by atoms with Crippen LogP contribution >= 0.6 is 0 Å².